The fraction of sp³-hybridized carbons (Fsp3) is 0.417. The van der Waals surface area contributed by atoms with Gasteiger partial charge in [-0.25, -0.2) is 4.39 Å². The van der Waals surface area contributed by atoms with Gasteiger partial charge in [-0.1, -0.05) is 12.1 Å². The lowest BCUT2D eigenvalue weighted by Gasteiger charge is -2.39. The lowest BCUT2D eigenvalue weighted by Crippen LogP contribution is -2.50. The number of aromatic amines is 1. The standard InChI is InChI=1S/C24H28FN5O/c25-19-4-1-3-17-14-20(28-24(31)23(17)19)16-6-7-18(13-16)29-9-11-30(12-10-29)22-5-2-8-27-21(22)15-26/h1-5,8,14,16,18H,6-7,9-13,15,26H2,(H,28,31)/t16-,18+/m1/s1. The Labute approximate surface area is 180 Å². The van der Waals surface area contributed by atoms with E-state index in [4.69, 9.17) is 5.73 Å². The molecule has 1 saturated carbocycles. The first-order valence-corrected chi connectivity index (χ1v) is 11.1. The van der Waals surface area contributed by atoms with Gasteiger partial charge in [0.2, 0.25) is 0 Å². The number of aromatic nitrogens is 2. The van der Waals surface area contributed by atoms with Crippen molar-refractivity contribution in [3.63, 3.8) is 0 Å². The Hall–Kier alpha value is -2.77. The molecule has 3 heterocycles. The summed E-state index contributed by atoms with van der Waals surface area (Å²) in [5.41, 5.74) is 8.58. The Kier molecular flexibility index (Phi) is 5.46. The third-order valence-corrected chi connectivity index (χ3v) is 6.92. The number of hydrogen-bond acceptors (Lipinski definition) is 5. The molecule has 2 aliphatic rings. The van der Waals surface area contributed by atoms with Crippen molar-refractivity contribution >= 4 is 16.5 Å². The lowest BCUT2D eigenvalue weighted by molar-refractivity contribution is 0.186. The van der Waals surface area contributed by atoms with Crippen molar-refractivity contribution in [2.24, 2.45) is 5.73 Å². The number of nitrogens with two attached hydrogens (primary N) is 1. The molecule has 0 bridgehead atoms. The molecule has 0 spiro atoms. The number of piperazine rings is 1. The number of nitrogens with one attached hydrogen (secondary N) is 1. The molecule has 0 radical (unpaired) electrons. The average Bonchev–Trinajstić information content (AvgIpc) is 3.29. The lowest BCUT2D eigenvalue weighted by atomic mass is 10.00. The van der Waals surface area contributed by atoms with Crippen LogP contribution < -0.4 is 16.2 Å². The first-order chi connectivity index (χ1) is 15.1. The van der Waals surface area contributed by atoms with E-state index in [-0.39, 0.29) is 10.9 Å². The van der Waals surface area contributed by atoms with Crippen molar-refractivity contribution in [3.8, 4) is 0 Å². The van der Waals surface area contributed by atoms with Crippen LogP contribution in [0.2, 0.25) is 0 Å². The van der Waals surface area contributed by atoms with Gasteiger partial charge in [0, 0.05) is 56.6 Å². The minimum Gasteiger partial charge on any atom is -0.367 e. The van der Waals surface area contributed by atoms with Gasteiger partial charge in [0.15, 0.2) is 0 Å². The molecule has 7 heteroatoms. The van der Waals surface area contributed by atoms with E-state index in [0.29, 0.717) is 23.9 Å². The van der Waals surface area contributed by atoms with Crippen LogP contribution in [0.3, 0.4) is 0 Å². The number of H-pyrrole nitrogens is 1. The number of fused-ring (bicyclic) bond motifs is 1. The van der Waals surface area contributed by atoms with Crippen LogP contribution in [0.1, 0.15) is 36.6 Å². The number of rotatable bonds is 4. The first-order valence-electron chi connectivity index (χ1n) is 11.1. The second-order valence-corrected chi connectivity index (χ2v) is 8.62. The number of anilines is 1. The predicted octanol–water partition coefficient (Wildman–Crippen LogP) is 2.98. The molecule has 5 rings (SSSR count). The molecular weight excluding hydrogens is 393 g/mol. The van der Waals surface area contributed by atoms with E-state index >= 15 is 0 Å². The molecule has 2 aromatic heterocycles. The quantitative estimate of drug-likeness (QED) is 0.677. The highest BCUT2D eigenvalue weighted by molar-refractivity contribution is 5.82. The number of nitrogens with zero attached hydrogens (tertiary/aromatic N) is 3. The van der Waals surface area contributed by atoms with Gasteiger partial charge >= 0.3 is 0 Å². The maximum Gasteiger partial charge on any atom is 0.259 e. The maximum atomic E-state index is 14.0. The molecule has 0 unspecified atom stereocenters. The second-order valence-electron chi connectivity index (χ2n) is 8.62. The molecule has 1 saturated heterocycles. The van der Waals surface area contributed by atoms with Crippen molar-refractivity contribution in [2.75, 3.05) is 31.1 Å². The van der Waals surface area contributed by atoms with E-state index in [9.17, 15) is 9.18 Å². The Balaban J connectivity index is 1.26. The van der Waals surface area contributed by atoms with E-state index in [1.807, 2.05) is 18.2 Å². The zero-order valence-corrected chi connectivity index (χ0v) is 17.6. The fourth-order valence-corrected chi connectivity index (χ4v) is 5.29. The van der Waals surface area contributed by atoms with Crippen LogP contribution in [0.15, 0.2) is 47.4 Å². The Morgan fingerprint density at radius 2 is 1.97 bits per heavy atom. The minimum atomic E-state index is -0.459. The summed E-state index contributed by atoms with van der Waals surface area (Å²) in [6.07, 6.45) is 4.99. The molecule has 3 N–H and O–H groups in total. The zero-order valence-electron chi connectivity index (χ0n) is 17.6. The van der Waals surface area contributed by atoms with Crippen LogP contribution in [0.5, 0.6) is 0 Å². The number of halogens is 1. The van der Waals surface area contributed by atoms with Gasteiger partial charge in [-0.15, -0.1) is 0 Å². The first kappa shape index (κ1) is 20.2. The van der Waals surface area contributed by atoms with E-state index in [2.05, 4.69) is 25.8 Å². The number of hydrogen-bond donors (Lipinski definition) is 2. The van der Waals surface area contributed by atoms with E-state index in [1.165, 1.54) is 6.07 Å². The van der Waals surface area contributed by atoms with Crippen molar-refractivity contribution in [1.29, 1.82) is 0 Å². The summed E-state index contributed by atoms with van der Waals surface area (Å²) in [4.78, 5) is 24.8. The van der Waals surface area contributed by atoms with Crippen molar-refractivity contribution in [3.05, 3.63) is 70.2 Å². The molecule has 2 fully saturated rings. The van der Waals surface area contributed by atoms with Crippen molar-refractivity contribution in [1.82, 2.24) is 14.9 Å². The minimum absolute atomic E-state index is 0.157. The van der Waals surface area contributed by atoms with E-state index in [1.54, 1.807) is 12.3 Å². The van der Waals surface area contributed by atoms with Gasteiger partial charge in [0.1, 0.15) is 5.82 Å². The summed E-state index contributed by atoms with van der Waals surface area (Å²) in [7, 11) is 0. The van der Waals surface area contributed by atoms with Gasteiger partial charge < -0.3 is 15.6 Å². The highest BCUT2D eigenvalue weighted by Crippen LogP contribution is 2.37. The molecule has 1 aromatic carbocycles. The summed E-state index contributed by atoms with van der Waals surface area (Å²) in [6.45, 7) is 4.40. The van der Waals surface area contributed by atoms with Crippen LogP contribution in [0.4, 0.5) is 10.1 Å². The molecule has 1 aliphatic heterocycles. The van der Waals surface area contributed by atoms with Gasteiger partial charge in [0.05, 0.1) is 16.8 Å². The van der Waals surface area contributed by atoms with Crippen molar-refractivity contribution in [2.45, 2.75) is 37.8 Å². The number of pyridine rings is 2. The fourth-order valence-electron chi connectivity index (χ4n) is 5.29. The normalized spacial score (nSPS) is 22.3. The third kappa shape index (κ3) is 3.83. The van der Waals surface area contributed by atoms with Gasteiger partial charge in [-0.3, -0.25) is 14.7 Å². The summed E-state index contributed by atoms with van der Waals surface area (Å²) in [6, 6.07) is 11.4. The highest BCUT2D eigenvalue weighted by atomic mass is 19.1. The molecule has 3 aromatic rings. The average molecular weight is 422 g/mol. The zero-order chi connectivity index (χ0) is 21.4. The Morgan fingerprint density at radius 1 is 1.13 bits per heavy atom. The van der Waals surface area contributed by atoms with Gasteiger partial charge in [-0.05, 0) is 48.9 Å². The summed E-state index contributed by atoms with van der Waals surface area (Å²) in [5, 5.41) is 0.840. The van der Waals surface area contributed by atoms with Crippen LogP contribution in [0.25, 0.3) is 10.8 Å². The summed E-state index contributed by atoms with van der Waals surface area (Å²) in [5.74, 6) is -0.149. The van der Waals surface area contributed by atoms with Crippen LogP contribution in [0, 0.1) is 5.82 Å². The third-order valence-electron chi connectivity index (χ3n) is 6.92. The number of benzene rings is 1. The molecule has 2 atom stereocenters. The topological polar surface area (TPSA) is 78.2 Å². The van der Waals surface area contributed by atoms with E-state index in [0.717, 1.165) is 62.5 Å². The highest BCUT2D eigenvalue weighted by Gasteiger charge is 2.33. The van der Waals surface area contributed by atoms with E-state index < -0.39 is 5.82 Å². The summed E-state index contributed by atoms with van der Waals surface area (Å²) >= 11 is 0. The molecule has 0 amide bonds. The predicted molar refractivity (Wildman–Crippen MR) is 121 cm³/mol. The van der Waals surface area contributed by atoms with Crippen LogP contribution >= 0.6 is 0 Å². The monoisotopic (exact) mass is 421 g/mol. The van der Waals surface area contributed by atoms with Crippen LogP contribution in [-0.4, -0.2) is 47.1 Å². The van der Waals surface area contributed by atoms with Crippen LogP contribution in [-0.2, 0) is 6.54 Å². The molecule has 6 nitrogen and oxygen atoms in total. The largest absolute Gasteiger partial charge is 0.367 e. The Morgan fingerprint density at radius 3 is 2.77 bits per heavy atom. The maximum absolute atomic E-state index is 14.0. The SMILES string of the molecule is NCc1ncccc1N1CCN([C@H]2CC[C@@H](c3cc4cccc(F)c4c(=O)[nH]3)C2)CC1. The van der Waals surface area contributed by atoms with Gasteiger partial charge in [-0.2, -0.15) is 0 Å². The smallest absolute Gasteiger partial charge is 0.259 e. The van der Waals surface area contributed by atoms with Gasteiger partial charge in [0.25, 0.3) is 5.56 Å². The molecule has 162 valence electrons. The molecular formula is C24H28FN5O. The second kappa shape index (κ2) is 8.40. The Bertz CT molecular complexity index is 1140. The summed E-state index contributed by atoms with van der Waals surface area (Å²) < 4.78 is 14.0. The molecule has 1 aliphatic carbocycles. The van der Waals surface area contributed by atoms with Crippen molar-refractivity contribution < 1.29 is 4.39 Å². The molecule has 31 heavy (non-hydrogen) atoms.